The Bertz CT molecular complexity index is 466. The molecule has 1 amide bonds. The molecule has 0 aliphatic carbocycles. The van der Waals surface area contributed by atoms with Crippen molar-refractivity contribution >= 4 is 11.6 Å². The first-order valence-electron chi connectivity index (χ1n) is 4.48. The molecule has 0 fully saturated rings. The number of anilines is 1. The number of hydrogen-bond acceptors (Lipinski definition) is 2. The molecule has 0 saturated carbocycles. The van der Waals surface area contributed by atoms with E-state index in [1.165, 1.54) is 0 Å². The first-order valence-corrected chi connectivity index (χ1v) is 4.48. The third-order valence-electron chi connectivity index (χ3n) is 2.56. The molecule has 2 N–H and O–H groups in total. The van der Waals surface area contributed by atoms with Gasteiger partial charge in [0.25, 0.3) is 5.91 Å². The van der Waals surface area contributed by atoms with Gasteiger partial charge in [-0.25, -0.2) is 0 Å². The molecular formula is C10H8F3NO2. The molecule has 1 unspecified atom stereocenters. The van der Waals surface area contributed by atoms with Gasteiger partial charge in [0.15, 0.2) is 5.60 Å². The number of halogens is 3. The monoisotopic (exact) mass is 231 g/mol. The molecular weight excluding hydrogens is 223 g/mol. The minimum atomic E-state index is -4.49. The maximum absolute atomic E-state index is 12.4. The summed E-state index contributed by atoms with van der Waals surface area (Å²) in [5.41, 5.74) is -2.63. The minimum Gasteiger partial charge on any atom is -0.375 e. The van der Waals surface area contributed by atoms with Crippen LogP contribution in [0, 0.1) is 0 Å². The quantitative estimate of drug-likeness (QED) is 0.716. The van der Waals surface area contributed by atoms with E-state index in [-0.39, 0.29) is 11.3 Å². The number of amides is 1. The second-order valence-electron chi connectivity index (χ2n) is 3.78. The van der Waals surface area contributed by atoms with Crippen molar-refractivity contribution in [1.29, 1.82) is 0 Å². The average Bonchev–Trinajstić information content (AvgIpc) is 2.37. The zero-order valence-corrected chi connectivity index (χ0v) is 8.22. The summed E-state index contributed by atoms with van der Waals surface area (Å²) in [5.74, 6) is -0.721. The Morgan fingerprint density at radius 2 is 2.00 bits per heavy atom. The summed E-state index contributed by atoms with van der Waals surface area (Å²) in [6, 6.07) is 2.78. The van der Waals surface area contributed by atoms with Crippen molar-refractivity contribution in [2.45, 2.75) is 18.7 Å². The van der Waals surface area contributed by atoms with Gasteiger partial charge in [0.1, 0.15) is 0 Å². The van der Waals surface area contributed by atoms with E-state index in [9.17, 15) is 23.1 Å². The lowest BCUT2D eigenvalue weighted by atomic mass is 9.96. The molecule has 0 radical (unpaired) electrons. The maximum atomic E-state index is 12.4. The Labute approximate surface area is 88.9 Å². The minimum absolute atomic E-state index is 0.0488. The van der Waals surface area contributed by atoms with Crippen LogP contribution in [0.3, 0.4) is 0 Å². The molecule has 1 heterocycles. The van der Waals surface area contributed by atoms with E-state index in [2.05, 4.69) is 5.32 Å². The van der Waals surface area contributed by atoms with Crippen LogP contribution in [0.2, 0.25) is 0 Å². The standard InChI is InChI=1S/C10H8F3NO2/c1-9(16)6-4-5(10(11,12)13)2-3-7(6)14-8(9)15/h2-4,16H,1H3,(H,14,15). The molecule has 0 aromatic heterocycles. The number of aliphatic hydroxyl groups is 1. The van der Waals surface area contributed by atoms with E-state index in [1.807, 2.05) is 0 Å². The van der Waals surface area contributed by atoms with Crippen molar-refractivity contribution in [3.05, 3.63) is 29.3 Å². The van der Waals surface area contributed by atoms with Crippen LogP contribution in [0.4, 0.5) is 18.9 Å². The lowest BCUT2D eigenvalue weighted by Gasteiger charge is -2.15. The highest BCUT2D eigenvalue weighted by Gasteiger charge is 2.42. The van der Waals surface area contributed by atoms with E-state index in [0.717, 1.165) is 25.1 Å². The normalized spacial score (nSPS) is 24.2. The van der Waals surface area contributed by atoms with E-state index in [1.54, 1.807) is 0 Å². The van der Waals surface area contributed by atoms with Crippen molar-refractivity contribution in [3.63, 3.8) is 0 Å². The molecule has 0 saturated heterocycles. The molecule has 1 aliphatic heterocycles. The number of carbonyl (C=O) groups is 1. The second-order valence-corrected chi connectivity index (χ2v) is 3.78. The van der Waals surface area contributed by atoms with Crippen molar-refractivity contribution < 1.29 is 23.1 Å². The highest BCUT2D eigenvalue weighted by molar-refractivity contribution is 6.04. The Morgan fingerprint density at radius 3 is 2.56 bits per heavy atom. The summed E-state index contributed by atoms with van der Waals surface area (Å²) < 4.78 is 37.3. The third kappa shape index (κ3) is 1.46. The van der Waals surface area contributed by atoms with Crippen LogP contribution in [-0.2, 0) is 16.6 Å². The van der Waals surface area contributed by atoms with Crippen LogP contribution in [0.15, 0.2) is 18.2 Å². The van der Waals surface area contributed by atoms with Gasteiger partial charge < -0.3 is 10.4 Å². The number of nitrogens with one attached hydrogen (secondary N) is 1. The van der Waals surface area contributed by atoms with Gasteiger partial charge in [-0.1, -0.05) is 0 Å². The van der Waals surface area contributed by atoms with Gasteiger partial charge in [0.2, 0.25) is 0 Å². The van der Waals surface area contributed by atoms with Crippen LogP contribution in [0.1, 0.15) is 18.1 Å². The highest BCUT2D eigenvalue weighted by Crippen LogP contribution is 2.39. The highest BCUT2D eigenvalue weighted by atomic mass is 19.4. The molecule has 0 spiro atoms. The van der Waals surface area contributed by atoms with E-state index < -0.39 is 23.2 Å². The zero-order chi connectivity index (χ0) is 12.1. The summed E-state index contributed by atoms with van der Waals surface area (Å²) in [6.45, 7) is 1.16. The largest absolute Gasteiger partial charge is 0.416 e. The smallest absolute Gasteiger partial charge is 0.375 e. The second kappa shape index (κ2) is 2.98. The number of fused-ring (bicyclic) bond motifs is 1. The molecule has 86 valence electrons. The van der Waals surface area contributed by atoms with Gasteiger partial charge in [0, 0.05) is 11.3 Å². The molecule has 6 heteroatoms. The molecule has 1 aromatic carbocycles. The van der Waals surface area contributed by atoms with E-state index >= 15 is 0 Å². The van der Waals surface area contributed by atoms with Crippen LogP contribution >= 0.6 is 0 Å². The van der Waals surface area contributed by atoms with Gasteiger partial charge in [-0.05, 0) is 25.1 Å². The fourth-order valence-electron chi connectivity index (χ4n) is 1.60. The van der Waals surface area contributed by atoms with Crippen LogP contribution in [0.25, 0.3) is 0 Å². The lowest BCUT2D eigenvalue weighted by Crippen LogP contribution is -2.30. The molecule has 0 bridgehead atoms. The Kier molecular flexibility index (Phi) is 2.03. The zero-order valence-electron chi connectivity index (χ0n) is 8.22. The fourth-order valence-corrected chi connectivity index (χ4v) is 1.60. The van der Waals surface area contributed by atoms with Gasteiger partial charge in [0.05, 0.1) is 5.56 Å². The van der Waals surface area contributed by atoms with Crippen LogP contribution in [-0.4, -0.2) is 11.0 Å². The van der Waals surface area contributed by atoms with Crippen molar-refractivity contribution in [2.24, 2.45) is 0 Å². The van der Waals surface area contributed by atoms with Crippen molar-refractivity contribution in [2.75, 3.05) is 5.32 Å². The number of benzene rings is 1. The van der Waals surface area contributed by atoms with Gasteiger partial charge in [-0.3, -0.25) is 4.79 Å². The molecule has 1 aliphatic rings. The summed E-state index contributed by atoms with van der Waals surface area (Å²) >= 11 is 0. The fraction of sp³-hybridized carbons (Fsp3) is 0.300. The predicted molar refractivity (Wildman–Crippen MR) is 49.6 cm³/mol. The summed E-state index contributed by atoms with van der Waals surface area (Å²) in [4.78, 5) is 11.3. The van der Waals surface area contributed by atoms with E-state index in [0.29, 0.717) is 0 Å². The Balaban J connectivity index is 2.57. The van der Waals surface area contributed by atoms with E-state index in [4.69, 9.17) is 0 Å². The molecule has 1 atom stereocenters. The predicted octanol–water partition coefficient (Wildman–Crippen LogP) is 1.86. The van der Waals surface area contributed by atoms with Crippen molar-refractivity contribution in [1.82, 2.24) is 0 Å². The average molecular weight is 231 g/mol. The van der Waals surface area contributed by atoms with Gasteiger partial charge in [-0.15, -0.1) is 0 Å². The first kappa shape index (κ1) is 10.9. The first-order chi connectivity index (χ1) is 7.23. The lowest BCUT2D eigenvalue weighted by molar-refractivity contribution is -0.138. The third-order valence-corrected chi connectivity index (χ3v) is 2.56. The number of hydrogen-bond donors (Lipinski definition) is 2. The topological polar surface area (TPSA) is 49.3 Å². The summed E-state index contributed by atoms with van der Waals surface area (Å²) in [5, 5.41) is 12.0. The molecule has 2 rings (SSSR count). The van der Waals surface area contributed by atoms with Gasteiger partial charge >= 0.3 is 6.18 Å². The Morgan fingerprint density at radius 1 is 1.38 bits per heavy atom. The molecule has 16 heavy (non-hydrogen) atoms. The number of alkyl halides is 3. The summed E-state index contributed by atoms with van der Waals surface area (Å²) in [6.07, 6.45) is -4.49. The number of rotatable bonds is 0. The molecule has 1 aromatic rings. The SMILES string of the molecule is CC1(O)C(=O)Nc2ccc(C(F)(F)F)cc21. The maximum Gasteiger partial charge on any atom is 0.416 e. The molecule has 3 nitrogen and oxygen atoms in total. The van der Waals surface area contributed by atoms with Crippen LogP contribution in [0.5, 0.6) is 0 Å². The Hall–Kier alpha value is -1.56. The van der Waals surface area contributed by atoms with Crippen molar-refractivity contribution in [3.8, 4) is 0 Å². The summed E-state index contributed by atoms with van der Waals surface area (Å²) in [7, 11) is 0. The number of carbonyl (C=O) groups excluding carboxylic acids is 1. The van der Waals surface area contributed by atoms with Gasteiger partial charge in [-0.2, -0.15) is 13.2 Å². The van der Waals surface area contributed by atoms with Crippen LogP contribution < -0.4 is 5.32 Å².